The molecular weight excluding hydrogens is 514 g/mol. The van der Waals surface area contributed by atoms with Gasteiger partial charge in [-0.3, -0.25) is 4.57 Å². The molecule has 0 saturated carbocycles. The second kappa shape index (κ2) is 10.9. The Bertz CT molecular complexity index is 1150. The number of aromatic nitrogens is 2. The molecule has 1 heterocycles. The molecule has 0 spiro atoms. The van der Waals surface area contributed by atoms with E-state index in [2.05, 4.69) is 5.10 Å². The van der Waals surface area contributed by atoms with Crippen LogP contribution in [0.3, 0.4) is 0 Å². The first-order chi connectivity index (χ1) is 16.7. The fraction of sp³-hybridized carbons (Fsp3) is 0.542. The molecule has 0 saturated heterocycles. The molecule has 0 N–H and O–H groups in total. The summed E-state index contributed by atoms with van der Waals surface area (Å²) in [4.78, 5) is 26.0. The summed E-state index contributed by atoms with van der Waals surface area (Å²) in [7, 11) is -2.97. The molecule has 2 aromatic rings. The zero-order valence-electron chi connectivity index (χ0n) is 22.2. The van der Waals surface area contributed by atoms with Crippen molar-refractivity contribution < 1.29 is 41.3 Å². The minimum atomic E-state index is -4.96. The summed E-state index contributed by atoms with van der Waals surface area (Å²) in [5.41, 5.74) is -3.88. The standard InChI is InChI=1S/C24H33F3N3O6P/c1-9-34-37(8,33)15-16-12-13-29(28-16)17-10-11-19(18(14-17)24(25,26)27)30(20(31)35-22(2,3)4)21(32)36-23(5,6)7/h10-14H,9,15H2,1-8H3. The normalized spacial score (nSPS) is 14.1. The predicted octanol–water partition coefficient (Wildman–Crippen LogP) is 7.01. The van der Waals surface area contributed by atoms with Crippen molar-refractivity contribution in [3.8, 4) is 5.69 Å². The van der Waals surface area contributed by atoms with Crippen molar-refractivity contribution in [1.82, 2.24) is 9.78 Å². The van der Waals surface area contributed by atoms with E-state index in [1.165, 1.54) is 71.2 Å². The zero-order chi connectivity index (χ0) is 28.4. The van der Waals surface area contributed by atoms with Crippen molar-refractivity contribution in [3.63, 3.8) is 0 Å². The average Bonchev–Trinajstić information content (AvgIpc) is 3.12. The number of carbonyl (C=O) groups is 2. The van der Waals surface area contributed by atoms with Crippen LogP contribution < -0.4 is 4.90 Å². The van der Waals surface area contributed by atoms with E-state index in [4.69, 9.17) is 14.0 Å². The molecular formula is C24H33F3N3O6P. The number of hydrogen-bond acceptors (Lipinski definition) is 7. The van der Waals surface area contributed by atoms with Gasteiger partial charge in [0, 0.05) is 12.9 Å². The minimum Gasteiger partial charge on any atom is -0.443 e. The van der Waals surface area contributed by atoms with Crippen molar-refractivity contribution in [3.05, 3.63) is 41.7 Å². The Morgan fingerprint density at radius 3 is 2.00 bits per heavy atom. The van der Waals surface area contributed by atoms with Crippen LogP contribution in [0.5, 0.6) is 0 Å². The molecule has 1 aromatic carbocycles. The first-order valence-electron chi connectivity index (χ1n) is 11.5. The number of carbonyl (C=O) groups excluding carboxylic acids is 2. The first-order valence-corrected chi connectivity index (χ1v) is 13.7. The molecule has 206 valence electrons. The molecule has 0 aliphatic heterocycles. The van der Waals surface area contributed by atoms with Gasteiger partial charge >= 0.3 is 18.4 Å². The molecule has 37 heavy (non-hydrogen) atoms. The molecule has 0 bridgehead atoms. The van der Waals surface area contributed by atoms with E-state index in [1.54, 1.807) is 6.92 Å². The van der Waals surface area contributed by atoms with Gasteiger partial charge in [-0.1, -0.05) is 0 Å². The van der Waals surface area contributed by atoms with Crippen LogP contribution in [0, 0.1) is 0 Å². The second-order valence-electron chi connectivity index (χ2n) is 10.3. The van der Waals surface area contributed by atoms with Gasteiger partial charge < -0.3 is 14.0 Å². The van der Waals surface area contributed by atoms with Gasteiger partial charge in [-0.2, -0.15) is 23.2 Å². The average molecular weight is 548 g/mol. The Morgan fingerprint density at radius 1 is 1.00 bits per heavy atom. The molecule has 1 atom stereocenters. The van der Waals surface area contributed by atoms with E-state index in [0.717, 1.165) is 12.1 Å². The summed E-state index contributed by atoms with van der Waals surface area (Å²) in [6, 6.07) is 4.50. The Morgan fingerprint density at radius 2 is 1.54 bits per heavy atom. The van der Waals surface area contributed by atoms with E-state index in [-0.39, 0.29) is 23.4 Å². The summed E-state index contributed by atoms with van der Waals surface area (Å²) < 4.78 is 71.9. The van der Waals surface area contributed by atoms with Crippen LogP contribution in [-0.2, 0) is 30.9 Å². The maximum absolute atomic E-state index is 14.2. The van der Waals surface area contributed by atoms with Gasteiger partial charge in [0.1, 0.15) is 11.2 Å². The number of hydrogen-bond donors (Lipinski definition) is 0. The summed E-state index contributed by atoms with van der Waals surface area (Å²) in [6.45, 7) is 12.5. The molecule has 2 amide bonds. The third-order valence-corrected chi connectivity index (χ3v) is 6.14. The monoisotopic (exact) mass is 547 g/mol. The molecule has 2 rings (SSSR count). The lowest BCUT2D eigenvalue weighted by molar-refractivity contribution is -0.137. The van der Waals surface area contributed by atoms with Crippen LogP contribution in [0.25, 0.3) is 5.69 Å². The molecule has 9 nitrogen and oxygen atoms in total. The number of alkyl halides is 3. The van der Waals surface area contributed by atoms with Gasteiger partial charge in [0.05, 0.1) is 35.4 Å². The van der Waals surface area contributed by atoms with Gasteiger partial charge in [0.25, 0.3) is 0 Å². The topological polar surface area (TPSA) is 100.0 Å². The minimum absolute atomic E-state index is 0.00185. The summed E-state index contributed by atoms with van der Waals surface area (Å²) in [5, 5.41) is 4.21. The number of imide groups is 1. The lowest BCUT2D eigenvalue weighted by Gasteiger charge is -2.30. The number of benzene rings is 1. The van der Waals surface area contributed by atoms with Crippen LogP contribution in [0.15, 0.2) is 30.5 Å². The summed E-state index contributed by atoms with van der Waals surface area (Å²) in [5.74, 6) is 0. The van der Waals surface area contributed by atoms with Crippen LogP contribution in [-0.4, -0.2) is 46.4 Å². The van der Waals surface area contributed by atoms with E-state index in [1.807, 2.05) is 0 Å². The van der Waals surface area contributed by atoms with Crippen molar-refractivity contribution in [2.75, 3.05) is 18.2 Å². The molecule has 13 heteroatoms. The van der Waals surface area contributed by atoms with Crippen molar-refractivity contribution in [2.45, 2.75) is 72.0 Å². The number of amides is 2. The third-order valence-electron chi connectivity index (χ3n) is 4.44. The maximum atomic E-state index is 14.2. The number of nitrogens with zero attached hydrogens (tertiary/aromatic N) is 3. The zero-order valence-corrected chi connectivity index (χ0v) is 23.1. The Balaban J connectivity index is 2.58. The highest BCUT2D eigenvalue weighted by Gasteiger charge is 2.41. The molecule has 0 aliphatic carbocycles. The predicted molar refractivity (Wildman–Crippen MR) is 132 cm³/mol. The smallest absolute Gasteiger partial charge is 0.424 e. The van der Waals surface area contributed by atoms with Crippen LogP contribution in [0.4, 0.5) is 28.4 Å². The van der Waals surface area contributed by atoms with E-state index in [9.17, 15) is 27.3 Å². The van der Waals surface area contributed by atoms with Gasteiger partial charge in [-0.15, -0.1) is 0 Å². The van der Waals surface area contributed by atoms with E-state index in [0.29, 0.717) is 5.69 Å². The van der Waals surface area contributed by atoms with E-state index >= 15 is 0 Å². The van der Waals surface area contributed by atoms with Crippen LogP contribution in [0.2, 0.25) is 0 Å². The SMILES string of the molecule is CCOP(C)(=O)Cc1ccn(-c2ccc(N(C(=O)OC(C)(C)C)C(=O)OC(C)(C)C)c(C(F)(F)F)c2)n1. The highest BCUT2D eigenvalue weighted by Crippen LogP contribution is 2.45. The quantitative estimate of drug-likeness (QED) is 0.359. The Hall–Kier alpha value is -2.85. The highest BCUT2D eigenvalue weighted by atomic mass is 31.2. The van der Waals surface area contributed by atoms with Gasteiger partial charge in [0.2, 0.25) is 7.37 Å². The van der Waals surface area contributed by atoms with Crippen LogP contribution in [0.1, 0.15) is 59.7 Å². The fourth-order valence-corrected chi connectivity index (χ4v) is 4.57. The molecule has 1 aromatic heterocycles. The van der Waals surface area contributed by atoms with Gasteiger partial charge in [0.15, 0.2) is 0 Å². The lowest BCUT2D eigenvalue weighted by atomic mass is 10.1. The lowest BCUT2D eigenvalue weighted by Crippen LogP contribution is -2.44. The third kappa shape index (κ3) is 8.89. The van der Waals surface area contributed by atoms with Crippen molar-refractivity contribution in [2.24, 2.45) is 0 Å². The molecule has 0 fully saturated rings. The maximum Gasteiger partial charge on any atom is 0.424 e. The van der Waals surface area contributed by atoms with Gasteiger partial charge in [-0.05, 0) is 72.7 Å². The number of halogens is 3. The van der Waals surface area contributed by atoms with E-state index < -0.39 is 48.2 Å². The number of ether oxygens (including phenoxy) is 2. The van der Waals surface area contributed by atoms with Gasteiger partial charge in [-0.25, -0.2) is 14.3 Å². The van der Waals surface area contributed by atoms with Crippen molar-refractivity contribution >= 4 is 25.2 Å². The molecule has 0 aliphatic rings. The molecule has 1 unspecified atom stereocenters. The van der Waals surface area contributed by atoms with Crippen LogP contribution >= 0.6 is 7.37 Å². The first kappa shape index (κ1) is 30.4. The number of anilines is 1. The summed E-state index contributed by atoms with van der Waals surface area (Å²) >= 11 is 0. The highest BCUT2D eigenvalue weighted by molar-refractivity contribution is 7.57. The molecule has 0 radical (unpaired) electrons. The van der Waals surface area contributed by atoms with Crippen molar-refractivity contribution in [1.29, 1.82) is 0 Å². The second-order valence-corrected chi connectivity index (χ2v) is 12.9. The Labute approximate surface area is 214 Å². The number of rotatable bonds is 6. The fourth-order valence-electron chi connectivity index (χ4n) is 3.18. The largest absolute Gasteiger partial charge is 0.443 e. The summed E-state index contributed by atoms with van der Waals surface area (Å²) in [6.07, 6.45) is -6.19. The Kier molecular flexibility index (Phi) is 8.92.